The van der Waals surface area contributed by atoms with E-state index in [1.54, 1.807) is 18.2 Å². The Morgan fingerprint density at radius 3 is 2.60 bits per heavy atom. The summed E-state index contributed by atoms with van der Waals surface area (Å²) >= 11 is 12.3. The molecule has 0 atom stereocenters. The molecule has 0 aliphatic rings. The molecule has 3 aromatic rings. The second-order valence-corrected chi connectivity index (χ2v) is 5.00. The third-order valence-corrected chi connectivity index (χ3v) is 3.86. The Bertz CT molecular complexity index is 813. The normalized spacial score (nSPS) is 10.9. The van der Waals surface area contributed by atoms with E-state index in [9.17, 15) is 5.11 Å². The number of hydrogen-bond donors (Lipinski definition) is 2. The number of phenolic OH excluding ortho intramolecular Hbond substituents is 1. The number of halogens is 2. The zero-order chi connectivity index (χ0) is 14.3. The van der Waals surface area contributed by atoms with Crippen LogP contribution in [0.3, 0.4) is 0 Å². The second kappa shape index (κ2) is 4.81. The SMILES string of the molecule is Nc1ncnc2c(-c3cccc(Cl)c3Cl)ccc(O)c12. The molecule has 3 N–H and O–H groups in total. The molecule has 0 saturated heterocycles. The van der Waals surface area contributed by atoms with Gasteiger partial charge in [-0.1, -0.05) is 35.3 Å². The van der Waals surface area contributed by atoms with Crippen molar-refractivity contribution in [2.45, 2.75) is 0 Å². The van der Waals surface area contributed by atoms with Crippen molar-refractivity contribution >= 4 is 39.9 Å². The molecular formula is C14H9Cl2N3O. The molecule has 0 amide bonds. The number of benzene rings is 2. The van der Waals surface area contributed by atoms with Gasteiger partial charge in [-0.15, -0.1) is 0 Å². The molecule has 0 unspecified atom stereocenters. The summed E-state index contributed by atoms with van der Waals surface area (Å²) in [6.07, 6.45) is 1.35. The summed E-state index contributed by atoms with van der Waals surface area (Å²) < 4.78 is 0. The first-order valence-electron chi connectivity index (χ1n) is 5.76. The van der Waals surface area contributed by atoms with Crippen LogP contribution in [0.5, 0.6) is 5.75 Å². The summed E-state index contributed by atoms with van der Waals surface area (Å²) in [5.41, 5.74) is 7.79. The number of nitrogens with zero attached hydrogens (tertiary/aromatic N) is 2. The number of aromatic nitrogens is 2. The van der Waals surface area contributed by atoms with Gasteiger partial charge in [-0.3, -0.25) is 0 Å². The molecule has 2 aromatic carbocycles. The maximum absolute atomic E-state index is 9.93. The van der Waals surface area contributed by atoms with Gasteiger partial charge >= 0.3 is 0 Å². The standard InChI is InChI=1S/C14H9Cl2N3O/c15-9-3-1-2-7(12(9)16)8-4-5-10(20)11-13(8)18-6-19-14(11)17/h1-6,20H,(H2,17,18,19). The fourth-order valence-electron chi connectivity index (χ4n) is 2.11. The van der Waals surface area contributed by atoms with E-state index in [-0.39, 0.29) is 11.6 Å². The topological polar surface area (TPSA) is 72.0 Å². The van der Waals surface area contributed by atoms with Crippen molar-refractivity contribution in [2.24, 2.45) is 0 Å². The van der Waals surface area contributed by atoms with Crippen LogP contribution in [0.25, 0.3) is 22.0 Å². The Hall–Kier alpha value is -2.04. The quantitative estimate of drug-likeness (QED) is 0.715. The molecule has 0 aliphatic heterocycles. The lowest BCUT2D eigenvalue weighted by Crippen LogP contribution is -1.95. The number of aromatic hydroxyl groups is 1. The van der Waals surface area contributed by atoms with Crippen LogP contribution in [0, 0.1) is 0 Å². The highest BCUT2D eigenvalue weighted by atomic mass is 35.5. The highest BCUT2D eigenvalue weighted by Gasteiger charge is 2.14. The Labute approximate surface area is 124 Å². The smallest absolute Gasteiger partial charge is 0.138 e. The average molecular weight is 306 g/mol. The first-order valence-corrected chi connectivity index (χ1v) is 6.51. The number of anilines is 1. The molecule has 0 bridgehead atoms. The van der Waals surface area contributed by atoms with E-state index in [2.05, 4.69) is 9.97 Å². The molecule has 0 radical (unpaired) electrons. The monoisotopic (exact) mass is 305 g/mol. The van der Waals surface area contributed by atoms with Gasteiger partial charge in [0.25, 0.3) is 0 Å². The van der Waals surface area contributed by atoms with E-state index in [4.69, 9.17) is 28.9 Å². The molecule has 0 saturated carbocycles. The predicted octanol–water partition coefficient (Wildman–Crippen LogP) is 3.89. The minimum Gasteiger partial charge on any atom is -0.507 e. The molecular weight excluding hydrogens is 297 g/mol. The summed E-state index contributed by atoms with van der Waals surface area (Å²) in [7, 11) is 0. The van der Waals surface area contributed by atoms with Crippen molar-refractivity contribution in [1.82, 2.24) is 9.97 Å². The van der Waals surface area contributed by atoms with Gasteiger partial charge in [0.05, 0.1) is 20.9 Å². The van der Waals surface area contributed by atoms with Gasteiger partial charge in [-0.05, 0) is 18.2 Å². The van der Waals surface area contributed by atoms with Crippen LogP contribution in [0.2, 0.25) is 10.0 Å². The minimum atomic E-state index is 0.0278. The summed E-state index contributed by atoms with van der Waals surface area (Å²) in [5, 5.41) is 11.2. The number of nitrogens with two attached hydrogens (primary N) is 1. The van der Waals surface area contributed by atoms with Gasteiger partial charge in [-0.25, -0.2) is 9.97 Å². The van der Waals surface area contributed by atoms with E-state index >= 15 is 0 Å². The lowest BCUT2D eigenvalue weighted by molar-refractivity contribution is 0.481. The van der Waals surface area contributed by atoms with Crippen LogP contribution in [-0.2, 0) is 0 Å². The van der Waals surface area contributed by atoms with Crippen LogP contribution in [-0.4, -0.2) is 15.1 Å². The Morgan fingerprint density at radius 2 is 1.80 bits per heavy atom. The van der Waals surface area contributed by atoms with E-state index in [1.807, 2.05) is 6.07 Å². The van der Waals surface area contributed by atoms with Crippen LogP contribution in [0.1, 0.15) is 0 Å². The molecule has 0 aliphatic carbocycles. The van der Waals surface area contributed by atoms with Crippen LogP contribution in [0.4, 0.5) is 5.82 Å². The lowest BCUT2D eigenvalue weighted by Gasteiger charge is -2.10. The predicted molar refractivity (Wildman–Crippen MR) is 81.1 cm³/mol. The van der Waals surface area contributed by atoms with Crippen LogP contribution < -0.4 is 5.73 Å². The first-order chi connectivity index (χ1) is 9.59. The third-order valence-electron chi connectivity index (χ3n) is 3.04. The molecule has 4 nitrogen and oxygen atoms in total. The van der Waals surface area contributed by atoms with Crippen molar-refractivity contribution < 1.29 is 5.11 Å². The van der Waals surface area contributed by atoms with E-state index < -0.39 is 0 Å². The third kappa shape index (κ3) is 1.94. The molecule has 1 heterocycles. The minimum absolute atomic E-state index is 0.0278. The molecule has 0 spiro atoms. The highest BCUT2D eigenvalue weighted by molar-refractivity contribution is 6.44. The van der Waals surface area contributed by atoms with Gasteiger partial charge in [0.2, 0.25) is 0 Å². The van der Waals surface area contributed by atoms with E-state index in [1.165, 1.54) is 12.4 Å². The van der Waals surface area contributed by atoms with Gasteiger partial charge in [0, 0.05) is 11.1 Å². The van der Waals surface area contributed by atoms with Crippen molar-refractivity contribution in [3.63, 3.8) is 0 Å². The Kier molecular flexibility index (Phi) is 3.12. The van der Waals surface area contributed by atoms with Crippen molar-refractivity contribution in [2.75, 3.05) is 5.73 Å². The maximum atomic E-state index is 9.93. The van der Waals surface area contributed by atoms with Gasteiger partial charge < -0.3 is 10.8 Å². The molecule has 6 heteroatoms. The van der Waals surface area contributed by atoms with Crippen molar-refractivity contribution in [3.8, 4) is 16.9 Å². The fourth-order valence-corrected chi connectivity index (χ4v) is 2.51. The van der Waals surface area contributed by atoms with E-state index in [0.29, 0.717) is 20.9 Å². The van der Waals surface area contributed by atoms with Crippen molar-refractivity contribution in [3.05, 3.63) is 46.7 Å². The zero-order valence-corrected chi connectivity index (χ0v) is 11.7. The maximum Gasteiger partial charge on any atom is 0.138 e. The zero-order valence-electron chi connectivity index (χ0n) is 10.1. The van der Waals surface area contributed by atoms with Gasteiger partial charge in [-0.2, -0.15) is 0 Å². The van der Waals surface area contributed by atoms with Crippen molar-refractivity contribution in [1.29, 1.82) is 0 Å². The molecule has 1 aromatic heterocycles. The van der Waals surface area contributed by atoms with Gasteiger partial charge in [0.1, 0.15) is 17.9 Å². The lowest BCUT2D eigenvalue weighted by atomic mass is 10.0. The molecule has 20 heavy (non-hydrogen) atoms. The first kappa shape index (κ1) is 13.0. The highest BCUT2D eigenvalue weighted by Crippen LogP contribution is 2.39. The summed E-state index contributed by atoms with van der Waals surface area (Å²) in [4.78, 5) is 8.09. The number of rotatable bonds is 1. The van der Waals surface area contributed by atoms with E-state index in [0.717, 1.165) is 11.1 Å². The second-order valence-electron chi connectivity index (χ2n) is 4.22. The molecule has 0 fully saturated rings. The largest absolute Gasteiger partial charge is 0.507 e. The fraction of sp³-hybridized carbons (Fsp3) is 0. The summed E-state index contributed by atoms with van der Waals surface area (Å²) in [6, 6.07) is 8.60. The summed E-state index contributed by atoms with van der Waals surface area (Å²) in [6.45, 7) is 0. The Balaban J connectivity index is 2.41. The number of fused-ring (bicyclic) bond motifs is 1. The van der Waals surface area contributed by atoms with Crippen LogP contribution >= 0.6 is 23.2 Å². The molecule has 100 valence electrons. The number of hydrogen-bond acceptors (Lipinski definition) is 4. The summed E-state index contributed by atoms with van der Waals surface area (Å²) in [5.74, 6) is 0.243. The van der Waals surface area contributed by atoms with Crippen LogP contribution in [0.15, 0.2) is 36.7 Å². The Morgan fingerprint density at radius 1 is 1.00 bits per heavy atom. The number of phenols is 1. The average Bonchev–Trinajstić information content (AvgIpc) is 2.43. The number of nitrogen functional groups attached to an aromatic ring is 1. The molecule has 3 rings (SSSR count). The van der Waals surface area contributed by atoms with Gasteiger partial charge in [0.15, 0.2) is 0 Å².